The lowest BCUT2D eigenvalue weighted by molar-refractivity contribution is -0.115. The predicted octanol–water partition coefficient (Wildman–Crippen LogP) is 4.23. The van der Waals surface area contributed by atoms with Crippen LogP contribution >= 0.6 is 0 Å². The fraction of sp³-hybridized carbons (Fsp3) is 0.125. The molecule has 0 aliphatic carbocycles. The van der Waals surface area contributed by atoms with E-state index in [9.17, 15) is 14.4 Å². The van der Waals surface area contributed by atoms with Crippen molar-refractivity contribution in [1.29, 1.82) is 0 Å². The van der Waals surface area contributed by atoms with Crippen molar-refractivity contribution in [2.45, 2.75) is 6.42 Å². The molecule has 0 bridgehead atoms. The van der Waals surface area contributed by atoms with Crippen molar-refractivity contribution >= 4 is 23.5 Å². The number of ether oxygens (including phenoxy) is 3. The number of hydrogen-bond acceptors (Lipinski definition) is 6. The number of methoxy groups -OCH3 is 2. The highest BCUT2D eigenvalue weighted by Crippen LogP contribution is 2.22. The van der Waals surface area contributed by atoms with Gasteiger partial charge in [-0.1, -0.05) is 30.3 Å². The van der Waals surface area contributed by atoms with Crippen LogP contribution < -0.4 is 10.1 Å². The first-order valence-corrected chi connectivity index (χ1v) is 9.42. The van der Waals surface area contributed by atoms with Gasteiger partial charge in [0.25, 0.3) is 0 Å². The Bertz CT molecular complexity index is 1080. The summed E-state index contributed by atoms with van der Waals surface area (Å²) < 4.78 is 15.1. The molecule has 7 heteroatoms. The number of esters is 2. The Morgan fingerprint density at radius 1 is 0.742 bits per heavy atom. The molecule has 1 N–H and O–H groups in total. The SMILES string of the molecule is COC(=O)c1ccc(NC(=O)Cc2ccc(Oc3ccccc3)cc2)cc1C(=O)OC. The van der Waals surface area contributed by atoms with Gasteiger partial charge in [0.05, 0.1) is 31.8 Å². The first-order valence-electron chi connectivity index (χ1n) is 9.42. The van der Waals surface area contributed by atoms with Crippen molar-refractivity contribution in [3.8, 4) is 11.5 Å². The van der Waals surface area contributed by atoms with Crippen molar-refractivity contribution in [2.75, 3.05) is 19.5 Å². The van der Waals surface area contributed by atoms with E-state index in [0.717, 1.165) is 11.3 Å². The summed E-state index contributed by atoms with van der Waals surface area (Å²) in [6, 6.07) is 20.9. The molecule has 0 aromatic heterocycles. The number of carbonyl (C=O) groups is 3. The van der Waals surface area contributed by atoms with Crippen LogP contribution in [-0.2, 0) is 20.7 Å². The van der Waals surface area contributed by atoms with Gasteiger partial charge in [-0.25, -0.2) is 9.59 Å². The van der Waals surface area contributed by atoms with E-state index in [-0.39, 0.29) is 23.5 Å². The van der Waals surface area contributed by atoms with Crippen LogP contribution in [0.1, 0.15) is 26.3 Å². The van der Waals surface area contributed by atoms with Crippen LogP contribution in [0.15, 0.2) is 72.8 Å². The highest BCUT2D eigenvalue weighted by molar-refractivity contribution is 6.04. The molecule has 3 aromatic carbocycles. The fourth-order valence-corrected chi connectivity index (χ4v) is 2.88. The highest BCUT2D eigenvalue weighted by atomic mass is 16.5. The van der Waals surface area contributed by atoms with Gasteiger partial charge in [-0.2, -0.15) is 0 Å². The van der Waals surface area contributed by atoms with Crippen LogP contribution in [0, 0.1) is 0 Å². The van der Waals surface area contributed by atoms with Crippen molar-refractivity contribution in [3.05, 3.63) is 89.5 Å². The molecule has 0 unspecified atom stereocenters. The van der Waals surface area contributed by atoms with E-state index in [1.54, 1.807) is 24.3 Å². The van der Waals surface area contributed by atoms with E-state index in [2.05, 4.69) is 10.1 Å². The average Bonchev–Trinajstić information content (AvgIpc) is 2.80. The Balaban J connectivity index is 1.66. The molecule has 0 aliphatic rings. The minimum Gasteiger partial charge on any atom is -0.465 e. The van der Waals surface area contributed by atoms with Gasteiger partial charge in [-0.05, 0) is 48.0 Å². The van der Waals surface area contributed by atoms with Gasteiger partial charge in [0.15, 0.2) is 0 Å². The molecule has 158 valence electrons. The summed E-state index contributed by atoms with van der Waals surface area (Å²) in [6.45, 7) is 0. The second-order valence-corrected chi connectivity index (χ2v) is 6.53. The second kappa shape index (κ2) is 10.1. The largest absolute Gasteiger partial charge is 0.465 e. The molecule has 0 saturated heterocycles. The number of nitrogens with one attached hydrogen (secondary N) is 1. The summed E-state index contributed by atoms with van der Waals surface area (Å²) in [5.74, 6) is -0.263. The van der Waals surface area contributed by atoms with Crippen molar-refractivity contribution in [3.63, 3.8) is 0 Å². The molecule has 0 saturated carbocycles. The second-order valence-electron chi connectivity index (χ2n) is 6.53. The number of carbonyl (C=O) groups excluding carboxylic acids is 3. The summed E-state index contributed by atoms with van der Waals surface area (Å²) in [5.41, 5.74) is 1.22. The molecule has 0 atom stereocenters. The normalized spacial score (nSPS) is 10.1. The maximum Gasteiger partial charge on any atom is 0.338 e. The molecule has 31 heavy (non-hydrogen) atoms. The minimum absolute atomic E-state index is 0.00886. The number of rotatable bonds is 7. The molecule has 0 fully saturated rings. The lowest BCUT2D eigenvalue weighted by Crippen LogP contribution is -2.16. The number of benzene rings is 3. The van der Waals surface area contributed by atoms with E-state index >= 15 is 0 Å². The van der Waals surface area contributed by atoms with E-state index in [4.69, 9.17) is 9.47 Å². The molecule has 0 aliphatic heterocycles. The molecule has 3 rings (SSSR count). The Kier molecular flexibility index (Phi) is 7.01. The lowest BCUT2D eigenvalue weighted by Gasteiger charge is -2.11. The van der Waals surface area contributed by atoms with Gasteiger partial charge in [0.2, 0.25) is 5.91 Å². The van der Waals surface area contributed by atoms with Crippen LogP contribution in [0.5, 0.6) is 11.5 Å². The summed E-state index contributed by atoms with van der Waals surface area (Å²) >= 11 is 0. The number of hydrogen-bond donors (Lipinski definition) is 1. The van der Waals surface area contributed by atoms with Crippen LogP contribution in [0.2, 0.25) is 0 Å². The summed E-state index contributed by atoms with van der Waals surface area (Å²) in [5, 5.41) is 2.72. The van der Waals surface area contributed by atoms with Gasteiger partial charge in [-0.3, -0.25) is 4.79 Å². The minimum atomic E-state index is -0.703. The highest BCUT2D eigenvalue weighted by Gasteiger charge is 2.19. The van der Waals surface area contributed by atoms with E-state index in [1.165, 1.54) is 32.4 Å². The van der Waals surface area contributed by atoms with E-state index in [1.807, 2.05) is 30.3 Å². The predicted molar refractivity (Wildman–Crippen MR) is 114 cm³/mol. The molecule has 0 spiro atoms. The molecular formula is C24H21NO6. The molecule has 0 radical (unpaired) electrons. The smallest absolute Gasteiger partial charge is 0.338 e. The maximum atomic E-state index is 12.4. The van der Waals surface area contributed by atoms with Crippen molar-refractivity contribution < 1.29 is 28.6 Å². The first kappa shape index (κ1) is 21.6. The van der Waals surface area contributed by atoms with Crippen molar-refractivity contribution in [1.82, 2.24) is 0 Å². The third-order valence-electron chi connectivity index (χ3n) is 4.38. The Hall–Kier alpha value is -4.13. The zero-order valence-electron chi connectivity index (χ0n) is 17.1. The lowest BCUT2D eigenvalue weighted by atomic mass is 10.1. The van der Waals surface area contributed by atoms with Crippen LogP contribution in [0.4, 0.5) is 5.69 Å². The van der Waals surface area contributed by atoms with Crippen LogP contribution in [0.25, 0.3) is 0 Å². The van der Waals surface area contributed by atoms with Crippen molar-refractivity contribution in [2.24, 2.45) is 0 Å². The monoisotopic (exact) mass is 419 g/mol. The standard InChI is InChI=1S/C24H21NO6/c1-29-23(27)20-13-10-17(15-21(20)24(28)30-2)25-22(26)14-16-8-11-19(12-9-16)31-18-6-4-3-5-7-18/h3-13,15H,14H2,1-2H3,(H,25,26). The Morgan fingerprint density at radius 3 is 2.00 bits per heavy atom. The van der Waals surface area contributed by atoms with Gasteiger partial charge in [-0.15, -0.1) is 0 Å². The van der Waals surface area contributed by atoms with E-state index < -0.39 is 11.9 Å². The van der Waals surface area contributed by atoms with Gasteiger partial charge in [0.1, 0.15) is 11.5 Å². The van der Waals surface area contributed by atoms with E-state index in [0.29, 0.717) is 11.4 Å². The van der Waals surface area contributed by atoms with Crippen LogP contribution in [-0.4, -0.2) is 32.1 Å². The Morgan fingerprint density at radius 2 is 1.35 bits per heavy atom. The molecule has 0 heterocycles. The topological polar surface area (TPSA) is 90.9 Å². The quantitative estimate of drug-likeness (QED) is 0.576. The molecular weight excluding hydrogens is 398 g/mol. The molecule has 1 amide bonds. The maximum absolute atomic E-state index is 12.4. The van der Waals surface area contributed by atoms with Crippen LogP contribution in [0.3, 0.4) is 0 Å². The zero-order chi connectivity index (χ0) is 22.2. The number of anilines is 1. The van der Waals surface area contributed by atoms with Gasteiger partial charge >= 0.3 is 11.9 Å². The van der Waals surface area contributed by atoms with Gasteiger partial charge < -0.3 is 19.5 Å². The third-order valence-corrected chi connectivity index (χ3v) is 4.38. The first-order chi connectivity index (χ1) is 15.0. The summed E-state index contributed by atoms with van der Waals surface area (Å²) in [6.07, 6.45) is 0.123. The molecule has 7 nitrogen and oxygen atoms in total. The number of amides is 1. The molecule has 3 aromatic rings. The summed E-state index contributed by atoms with van der Waals surface area (Å²) in [7, 11) is 2.43. The third kappa shape index (κ3) is 5.70. The summed E-state index contributed by atoms with van der Waals surface area (Å²) in [4.78, 5) is 36.3. The zero-order valence-corrected chi connectivity index (χ0v) is 17.1. The fourth-order valence-electron chi connectivity index (χ4n) is 2.88. The number of para-hydroxylation sites is 1. The average molecular weight is 419 g/mol. The van der Waals surface area contributed by atoms with Gasteiger partial charge in [0, 0.05) is 5.69 Å². The Labute approximate surface area is 179 Å².